The molecule has 0 radical (unpaired) electrons. The number of carbonyl (C=O) groups is 1. The number of likely N-dealkylation sites (tertiary alicyclic amines) is 1. The minimum absolute atomic E-state index is 0.156. The summed E-state index contributed by atoms with van der Waals surface area (Å²) >= 11 is 0. The van der Waals surface area contributed by atoms with Gasteiger partial charge in [-0.25, -0.2) is 0 Å². The van der Waals surface area contributed by atoms with E-state index in [0.29, 0.717) is 24.4 Å². The van der Waals surface area contributed by atoms with Crippen LogP contribution in [-0.4, -0.2) is 41.2 Å². The number of nitrogens with zero attached hydrogens (tertiary/aromatic N) is 2. The van der Waals surface area contributed by atoms with Crippen LogP contribution >= 0.6 is 0 Å². The summed E-state index contributed by atoms with van der Waals surface area (Å²) < 4.78 is 5.59. The van der Waals surface area contributed by atoms with E-state index in [2.05, 4.69) is 0 Å². The smallest absolute Gasteiger partial charge is 0.263 e. The fourth-order valence-electron chi connectivity index (χ4n) is 2.31. The van der Waals surface area contributed by atoms with Crippen molar-refractivity contribution in [3.63, 3.8) is 0 Å². The summed E-state index contributed by atoms with van der Waals surface area (Å²) in [4.78, 5) is 13.9. The van der Waals surface area contributed by atoms with Crippen molar-refractivity contribution in [1.82, 2.24) is 4.90 Å². The second-order valence-corrected chi connectivity index (χ2v) is 4.95. The van der Waals surface area contributed by atoms with Crippen LogP contribution in [0.2, 0.25) is 0 Å². The highest BCUT2D eigenvalue weighted by Crippen LogP contribution is 2.19. The van der Waals surface area contributed by atoms with Crippen molar-refractivity contribution in [2.24, 2.45) is 0 Å². The predicted octanol–water partition coefficient (Wildman–Crippen LogP) is 1.31. The van der Waals surface area contributed by atoms with Crippen LogP contribution in [0.25, 0.3) is 0 Å². The number of para-hydroxylation sites is 1. The molecule has 0 aliphatic carbocycles. The molecule has 1 aliphatic rings. The zero-order chi connectivity index (χ0) is 14.5. The van der Waals surface area contributed by atoms with Gasteiger partial charge in [0, 0.05) is 13.1 Å². The highest BCUT2D eigenvalue weighted by atomic mass is 16.5. The minimum Gasteiger partial charge on any atom is -0.480 e. The maximum Gasteiger partial charge on any atom is 0.263 e. The molecule has 1 amide bonds. The lowest BCUT2D eigenvalue weighted by Gasteiger charge is -2.32. The van der Waals surface area contributed by atoms with Crippen molar-refractivity contribution in [1.29, 1.82) is 5.26 Å². The Labute approximate surface area is 118 Å². The number of hydrogen-bond acceptors (Lipinski definition) is 4. The van der Waals surface area contributed by atoms with Gasteiger partial charge in [-0.1, -0.05) is 12.1 Å². The van der Waals surface area contributed by atoms with Gasteiger partial charge in [-0.2, -0.15) is 5.26 Å². The van der Waals surface area contributed by atoms with Crippen molar-refractivity contribution in [2.75, 3.05) is 13.1 Å². The van der Waals surface area contributed by atoms with Gasteiger partial charge in [-0.3, -0.25) is 4.79 Å². The molecule has 1 heterocycles. The maximum atomic E-state index is 12.3. The lowest BCUT2D eigenvalue weighted by atomic mass is 10.1. The normalized spacial score (nSPS) is 20.1. The van der Waals surface area contributed by atoms with E-state index in [9.17, 15) is 9.90 Å². The molecule has 5 heteroatoms. The van der Waals surface area contributed by atoms with Crippen LogP contribution in [0.1, 0.15) is 25.3 Å². The van der Waals surface area contributed by atoms with Gasteiger partial charge >= 0.3 is 0 Å². The van der Waals surface area contributed by atoms with Crippen molar-refractivity contribution in [3.05, 3.63) is 29.8 Å². The van der Waals surface area contributed by atoms with Gasteiger partial charge in [0.25, 0.3) is 5.91 Å². The summed E-state index contributed by atoms with van der Waals surface area (Å²) in [5.41, 5.74) is 0.408. The van der Waals surface area contributed by atoms with Gasteiger partial charge in [0.05, 0.1) is 11.7 Å². The summed E-state index contributed by atoms with van der Waals surface area (Å²) in [5.74, 6) is 0.255. The summed E-state index contributed by atoms with van der Waals surface area (Å²) in [7, 11) is 0. The molecule has 0 saturated carbocycles. The molecule has 2 rings (SSSR count). The molecule has 0 bridgehead atoms. The number of aliphatic hydroxyl groups is 1. The van der Waals surface area contributed by atoms with Crippen LogP contribution in [0.15, 0.2) is 24.3 Å². The molecule has 1 N–H and O–H groups in total. The van der Waals surface area contributed by atoms with Crippen LogP contribution in [0, 0.1) is 11.3 Å². The molecule has 1 aliphatic heterocycles. The second kappa shape index (κ2) is 6.40. The Bertz CT molecular complexity index is 524. The third kappa shape index (κ3) is 3.28. The Kier molecular flexibility index (Phi) is 4.59. The number of amides is 1. The quantitative estimate of drug-likeness (QED) is 0.902. The van der Waals surface area contributed by atoms with Crippen molar-refractivity contribution in [3.8, 4) is 11.8 Å². The van der Waals surface area contributed by atoms with Gasteiger partial charge < -0.3 is 14.7 Å². The number of piperidine rings is 1. The summed E-state index contributed by atoms with van der Waals surface area (Å²) in [6.07, 6.45) is 0.408. The Hall–Kier alpha value is -2.06. The first-order chi connectivity index (χ1) is 9.61. The molecular weight excluding hydrogens is 256 g/mol. The lowest BCUT2D eigenvalue weighted by molar-refractivity contribution is -0.141. The fourth-order valence-corrected chi connectivity index (χ4v) is 2.31. The molecule has 106 valence electrons. The molecule has 2 atom stereocenters. The zero-order valence-corrected chi connectivity index (χ0v) is 11.5. The van der Waals surface area contributed by atoms with Crippen LogP contribution in [0.5, 0.6) is 5.75 Å². The van der Waals surface area contributed by atoms with E-state index in [1.54, 1.807) is 36.1 Å². The number of ether oxygens (including phenoxy) is 1. The fraction of sp³-hybridized carbons (Fsp3) is 0.467. The maximum absolute atomic E-state index is 12.3. The molecule has 0 aromatic heterocycles. The number of nitriles is 1. The monoisotopic (exact) mass is 274 g/mol. The van der Waals surface area contributed by atoms with Gasteiger partial charge in [-0.15, -0.1) is 0 Å². The summed E-state index contributed by atoms with van der Waals surface area (Å²) in [6.45, 7) is 2.66. The SMILES string of the molecule is C[C@H](Oc1ccccc1C#N)C(=O)N1CCC[C@@H](O)C1. The number of β-amino-alcohol motifs (C(OH)–C–C–N with tert-alkyl or cyclic N) is 1. The Balaban J connectivity index is 2.02. The molecule has 0 unspecified atom stereocenters. The summed E-state index contributed by atoms with van der Waals surface area (Å²) in [5, 5.41) is 18.6. The highest BCUT2D eigenvalue weighted by Gasteiger charge is 2.27. The second-order valence-electron chi connectivity index (χ2n) is 4.95. The van der Waals surface area contributed by atoms with Gasteiger partial charge in [0.1, 0.15) is 11.8 Å². The minimum atomic E-state index is -0.671. The first-order valence-electron chi connectivity index (χ1n) is 6.74. The number of carbonyl (C=O) groups excluding carboxylic acids is 1. The van der Waals surface area contributed by atoms with E-state index < -0.39 is 12.2 Å². The van der Waals surface area contributed by atoms with Gasteiger partial charge in [-0.05, 0) is 31.9 Å². The molecule has 1 aromatic carbocycles. The van der Waals surface area contributed by atoms with Crippen LogP contribution in [0.4, 0.5) is 0 Å². The molecule has 0 spiro atoms. The van der Waals surface area contributed by atoms with E-state index in [0.717, 1.165) is 12.8 Å². The molecule has 5 nitrogen and oxygen atoms in total. The van der Waals surface area contributed by atoms with E-state index in [1.807, 2.05) is 6.07 Å². The van der Waals surface area contributed by atoms with Crippen molar-refractivity contribution < 1.29 is 14.6 Å². The number of benzene rings is 1. The standard InChI is InChI=1S/C15H18N2O3/c1-11(15(19)17-8-4-6-13(18)10-17)20-14-7-3-2-5-12(14)9-16/h2-3,5,7,11,13,18H,4,6,8,10H2,1H3/t11-,13+/m0/s1. The largest absolute Gasteiger partial charge is 0.480 e. The lowest BCUT2D eigenvalue weighted by Crippen LogP contribution is -2.47. The summed E-state index contributed by atoms with van der Waals surface area (Å²) in [6, 6.07) is 8.87. The van der Waals surface area contributed by atoms with E-state index in [4.69, 9.17) is 10.00 Å². The molecule has 20 heavy (non-hydrogen) atoms. The van der Waals surface area contributed by atoms with E-state index in [-0.39, 0.29) is 5.91 Å². The van der Waals surface area contributed by atoms with Crippen LogP contribution < -0.4 is 4.74 Å². The topological polar surface area (TPSA) is 73.6 Å². The van der Waals surface area contributed by atoms with Crippen molar-refractivity contribution in [2.45, 2.75) is 32.0 Å². The molecule has 1 aromatic rings. The van der Waals surface area contributed by atoms with Crippen LogP contribution in [-0.2, 0) is 4.79 Å². The number of aliphatic hydroxyl groups excluding tert-OH is 1. The van der Waals surface area contributed by atoms with Crippen LogP contribution in [0.3, 0.4) is 0 Å². The highest BCUT2D eigenvalue weighted by molar-refractivity contribution is 5.81. The zero-order valence-electron chi connectivity index (χ0n) is 11.5. The predicted molar refractivity (Wildman–Crippen MR) is 73.1 cm³/mol. The Morgan fingerprint density at radius 2 is 2.30 bits per heavy atom. The third-order valence-corrected chi connectivity index (χ3v) is 3.37. The van der Waals surface area contributed by atoms with Gasteiger partial charge in [0.15, 0.2) is 6.10 Å². The first-order valence-corrected chi connectivity index (χ1v) is 6.74. The average molecular weight is 274 g/mol. The van der Waals surface area contributed by atoms with E-state index in [1.165, 1.54) is 0 Å². The van der Waals surface area contributed by atoms with Crippen molar-refractivity contribution >= 4 is 5.91 Å². The first kappa shape index (κ1) is 14.4. The Morgan fingerprint density at radius 3 is 3.00 bits per heavy atom. The molecule has 1 fully saturated rings. The van der Waals surface area contributed by atoms with Gasteiger partial charge in [0.2, 0.25) is 0 Å². The Morgan fingerprint density at radius 1 is 1.55 bits per heavy atom. The molecular formula is C15H18N2O3. The number of rotatable bonds is 3. The third-order valence-electron chi connectivity index (χ3n) is 3.37. The van der Waals surface area contributed by atoms with E-state index >= 15 is 0 Å². The average Bonchev–Trinajstić information content (AvgIpc) is 2.47. The molecule has 1 saturated heterocycles. The number of hydrogen-bond donors (Lipinski definition) is 1.